The molecule has 4 heteroatoms. The molecule has 0 radical (unpaired) electrons. The Kier molecular flexibility index (Phi) is 2.83. The normalized spacial score (nSPS) is 20.0. The first-order valence-corrected chi connectivity index (χ1v) is 5.31. The van der Waals surface area contributed by atoms with E-state index in [1.165, 1.54) is 5.56 Å². The summed E-state index contributed by atoms with van der Waals surface area (Å²) in [6.45, 7) is 2.02. The summed E-state index contributed by atoms with van der Waals surface area (Å²) in [6, 6.07) is 5.14. The van der Waals surface area contributed by atoms with Crippen LogP contribution in [0, 0.1) is 6.92 Å². The fourth-order valence-electron chi connectivity index (χ4n) is 1.96. The Balaban J connectivity index is 2.03. The summed E-state index contributed by atoms with van der Waals surface area (Å²) in [5.74, 6) is -0.121. The van der Waals surface area contributed by atoms with Gasteiger partial charge in [0, 0.05) is 12.8 Å². The van der Waals surface area contributed by atoms with Gasteiger partial charge in [0.25, 0.3) is 0 Å². The minimum absolute atomic E-state index is 0.108. The fraction of sp³-hybridized carbons (Fsp3) is 0.417. The van der Waals surface area contributed by atoms with Crippen molar-refractivity contribution >= 4 is 5.97 Å². The van der Waals surface area contributed by atoms with Gasteiger partial charge < -0.3 is 15.6 Å². The molecule has 1 heterocycles. The number of hydrogen-bond acceptors (Lipinski definition) is 3. The van der Waals surface area contributed by atoms with Crippen LogP contribution in [-0.4, -0.2) is 23.2 Å². The number of carbonyl (C=O) groups is 1. The zero-order chi connectivity index (χ0) is 11.7. The van der Waals surface area contributed by atoms with Crippen LogP contribution < -0.4 is 10.5 Å². The predicted octanol–water partition coefficient (Wildman–Crippen LogP) is 1.10. The largest absolute Gasteiger partial charge is 0.490 e. The van der Waals surface area contributed by atoms with Gasteiger partial charge in [-0.05, 0) is 18.6 Å². The summed E-state index contributed by atoms with van der Waals surface area (Å²) in [5, 5.41) is 8.72. The van der Waals surface area contributed by atoms with Crippen molar-refractivity contribution in [1.29, 1.82) is 0 Å². The molecule has 3 N–H and O–H groups in total. The van der Waals surface area contributed by atoms with Crippen LogP contribution in [-0.2, 0) is 11.2 Å². The monoisotopic (exact) mass is 221 g/mol. The highest BCUT2D eigenvalue weighted by molar-refractivity contribution is 5.73. The van der Waals surface area contributed by atoms with E-state index in [1.807, 2.05) is 19.1 Å². The Morgan fingerprint density at radius 3 is 3.12 bits per heavy atom. The lowest BCUT2D eigenvalue weighted by Gasteiger charge is -2.12. The maximum absolute atomic E-state index is 10.6. The average molecular weight is 221 g/mol. The summed E-state index contributed by atoms with van der Waals surface area (Å²) in [6.07, 6.45) is 0.990. The highest BCUT2D eigenvalue weighted by atomic mass is 16.5. The first-order chi connectivity index (χ1) is 7.56. The van der Waals surface area contributed by atoms with E-state index >= 15 is 0 Å². The summed E-state index contributed by atoms with van der Waals surface area (Å²) >= 11 is 0. The molecule has 0 amide bonds. The topological polar surface area (TPSA) is 72.6 Å². The lowest BCUT2D eigenvalue weighted by atomic mass is 10.0. The molecule has 1 aliphatic heterocycles. The second-order valence-corrected chi connectivity index (χ2v) is 4.24. The molecule has 2 atom stereocenters. The molecule has 2 rings (SSSR count). The van der Waals surface area contributed by atoms with Crippen LogP contribution in [0.5, 0.6) is 5.75 Å². The molecule has 0 bridgehead atoms. The Bertz CT molecular complexity index is 417. The molecule has 0 spiro atoms. The first-order valence-electron chi connectivity index (χ1n) is 5.31. The van der Waals surface area contributed by atoms with Gasteiger partial charge in [-0.1, -0.05) is 17.7 Å². The van der Waals surface area contributed by atoms with Crippen LogP contribution in [0.1, 0.15) is 17.5 Å². The van der Waals surface area contributed by atoms with Crippen molar-refractivity contribution in [2.75, 3.05) is 0 Å². The number of aryl methyl sites for hydroxylation is 1. The number of carboxylic acids is 1. The van der Waals surface area contributed by atoms with Crippen molar-refractivity contribution in [1.82, 2.24) is 0 Å². The molecule has 1 aliphatic rings. The highest BCUT2D eigenvalue weighted by Crippen LogP contribution is 2.30. The first kappa shape index (κ1) is 11.0. The van der Waals surface area contributed by atoms with Crippen molar-refractivity contribution < 1.29 is 14.6 Å². The minimum Gasteiger partial charge on any atom is -0.490 e. The lowest BCUT2D eigenvalue weighted by molar-refractivity contribution is -0.139. The lowest BCUT2D eigenvalue weighted by Crippen LogP contribution is -2.35. The van der Waals surface area contributed by atoms with Gasteiger partial charge in [-0.25, -0.2) is 0 Å². The second-order valence-electron chi connectivity index (χ2n) is 4.24. The van der Waals surface area contributed by atoms with Gasteiger partial charge in [0.05, 0.1) is 0 Å². The van der Waals surface area contributed by atoms with Crippen LogP contribution in [0.3, 0.4) is 0 Å². The zero-order valence-electron chi connectivity index (χ0n) is 9.14. The minimum atomic E-state index is -0.976. The summed E-state index contributed by atoms with van der Waals surface area (Å²) in [5.41, 5.74) is 7.81. The quantitative estimate of drug-likeness (QED) is 0.801. The number of benzene rings is 1. The molecule has 0 saturated heterocycles. The Hall–Kier alpha value is -1.55. The van der Waals surface area contributed by atoms with E-state index in [4.69, 9.17) is 15.6 Å². The molecule has 1 aromatic carbocycles. The second kappa shape index (κ2) is 4.14. The molecule has 0 aromatic heterocycles. The molecule has 0 aliphatic carbocycles. The smallest absolute Gasteiger partial charge is 0.320 e. The zero-order valence-corrected chi connectivity index (χ0v) is 9.14. The van der Waals surface area contributed by atoms with Gasteiger partial charge in [-0.3, -0.25) is 4.79 Å². The molecule has 0 saturated carbocycles. The average Bonchev–Trinajstić information content (AvgIpc) is 2.58. The number of hydrogen-bond donors (Lipinski definition) is 2. The van der Waals surface area contributed by atoms with Crippen LogP contribution in [0.4, 0.5) is 0 Å². The molecule has 86 valence electrons. The van der Waals surface area contributed by atoms with Gasteiger partial charge >= 0.3 is 5.97 Å². The highest BCUT2D eigenvalue weighted by Gasteiger charge is 2.26. The summed E-state index contributed by atoms with van der Waals surface area (Å²) in [4.78, 5) is 10.6. The van der Waals surface area contributed by atoms with E-state index in [2.05, 4.69) is 6.07 Å². The van der Waals surface area contributed by atoms with Gasteiger partial charge in [0.15, 0.2) is 0 Å². The van der Waals surface area contributed by atoms with Crippen molar-refractivity contribution in [2.45, 2.75) is 31.9 Å². The third-order valence-electron chi connectivity index (χ3n) is 2.79. The van der Waals surface area contributed by atoms with E-state index in [9.17, 15) is 4.79 Å². The molecule has 16 heavy (non-hydrogen) atoms. The van der Waals surface area contributed by atoms with Gasteiger partial charge in [0.2, 0.25) is 0 Å². The predicted molar refractivity (Wildman–Crippen MR) is 59.5 cm³/mol. The number of rotatable bonds is 3. The summed E-state index contributed by atoms with van der Waals surface area (Å²) in [7, 11) is 0. The number of aliphatic carboxylic acids is 1. The number of nitrogens with two attached hydrogens (primary N) is 1. The Labute approximate surface area is 94.0 Å². The van der Waals surface area contributed by atoms with E-state index in [1.54, 1.807) is 0 Å². The molecule has 1 aromatic rings. The van der Waals surface area contributed by atoms with Crippen LogP contribution >= 0.6 is 0 Å². The van der Waals surface area contributed by atoms with E-state index < -0.39 is 12.0 Å². The van der Waals surface area contributed by atoms with E-state index in [0.29, 0.717) is 6.42 Å². The van der Waals surface area contributed by atoms with Gasteiger partial charge in [0.1, 0.15) is 17.9 Å². The maximum atomic E-state index is 10.6. The van der Waals surface area contributed by atoms with Crippen LogP contribution in [0.25, 0.3) is 0 Å². The molecule has 0 fully saturated rings. The van der Waals surface area contributed by atoms with Crippen molar-refractivity contribution in [3.05, 3.63) is 29.3 Å². The fourth-order valence-corrected chi connectivity index (χ4v) is 1.96. The SMILES string of the molecule is Cc1ccc2c(c1)CC(C[C@H](N)C(=O)O)O2. The van der Waals surface area contributed by atoms with Crippen molar-refractivity contribution in [2.24, 2.45) is 5.73 Å². The Morgan fingerprint density at radius 1 is 1.69 bits per heavy atom. The summed E-state index contributed by atoms with van der Waals surface area (Å²) < 4.78 is 5.64. The maximum Gasteiger partial charge on any atom is 0.320 e. The van der Waals surface area contributed by atoms with Crippen molar-refractivity contribution in [3.63, 3.8) is 0 Å². The molecular formula is C12H15NO3. The number of carboxylic acid groups (broad SMARTS) is 1. The van der Waals surface area contributed by atoms with Crippen LogP contribution in [0.2, 0.25) is 0 Å². The van der Waals surface area contributed by atoms with Gasteiger partial charge in [-0.2, -0.15) is 0 Å². The standard InChI is InChI=1S/C12H15NO3/c1-7-2-3-11-8(4-7)5-9(16-11)6-10(13)12(14)15/h2-4,9-10H,5-6,13H2,1H3,(H,14,15)/t9?,10-/m0/s1. The third kappa shape index (κ3) is 2.17. The van der Waals surface area contributed by atoms with Crippen LogP contribution in [0.15, 0.2) is 18.2 Å². The van der Waals surface area contributed by atoms with Gasteiger partial charge in [-0.15, -0.1) is 0 Å². The number of ether oxygens (including phenoxy) is 1. The van der Waals surface area contributed by atoms with E-state index in [0.717, 1.165) is 17.7 Å². The Morgan fingerprint density at radius 2 is 2.44 bits per heavy atom. The third-order valence-corrected chi connectivity index (χ3v) is 2.79. The van der Waals surface area contributed by atoms with Crippen molar-refractivity contribution in [3.8, 4) is 5.75 Å². The number of fused-ring (bicyclic) bond motifs is 1. The molecule has 4 nitrogen and oxygen atoms in total. The molecular weight excluding hydrogens is 206 g/mol. The van der Waals surface area contributed by atoms with E-state index in [-0.39, 0.29) is 6.10 Å². The molecule has 1 unspecified atom stereocenters.